The van der Waals surface area contributed by atoms with Gasteiger partial charge in [0.15, 0.2) is 11.4 Å². The fourth-order valence-corrected chi connectivity index (χ4v) is 5.42. The predicted molar refractivity (Wildman–Crippen MR) is 127 cm³/mol. The van der Waals surface area contributed by atoms with E-state index >= 15 is 0 Å². The van der Waals surface area contributed by atoms with Gasteiger partial charge in [0.1, 0.15) is 27.7 Å². The van der Waals surface area contributed by atoms with E-state index in [0.717, 1.165) is 12.1 Å². The number of aromatic nitrogens is 2. The number of hydrogen-bond acceptors (Lipinski definition) is 8. The van der Waals surface area contributed by atoms with Crippen LogP contribution in [0.25, 0.3) is 10.9 Å². The van der Waals surface area contributed by atoms with Crippen LogP contribution in [0.15, 0.2) is 47.7 Å². The van der Waals surface area contributed by atoms with Crippen LogP contribution >= 0.6 is 10.6 Å². The number of amidine groups is 1. The summed E-state index contributed by atoms with van der Waals surface area (Å²) in [5.74, 6) is -1.39. The molecule has 3 heterocycles. The molecule has 0 saturated carbocycles. The van der Waals surface area contributed by atoms with Gasteiger partial charge >= 0.3 is 0 Å². The smallest absolute Gasteiger partial charge is 0.269 e. The van der Waals surface area contributed by atoms with E-state index in [4.69, 9.17) is 10.5 Å². The number of alkyl halides is 2. The first-order chi connectivity index (χ1) is 15.9. The number of methoxy groups -OCH3 is 1. The molecule has 4 rings (SSSR count). The molecule has 1 atom stereocenters. The zero-order chi connectivity index (χ0) is 24.9. The minimum absolute atomic E-state index is 0.226. The van der Waals surface area contributed by atoms with Crippen molar-refractivity contribution in [1.82, 2.24) is 9.97 Å². The number of fused-ring (bicyclic) bond motifs is 1. The largest absolute Gasteiger partial charge is 0.495 e. The number of aliphatic imine (C=N–C) groups is 1. The van der Waals surface area contributed by atoms with Gasteiger partial charge in [0.25, 0.3) is 6.43 Å². The van der Waals surface area contributed by atoms with Gasteiger partial charge in [-0.25, -0.2) is 23.1 Å². The van der Waals surface area contributed by atoms with Gasteiger partial charge in [0.2, 0.25) is 0 Å². The highest BCUT2D eigenvalue weighted by molar-refractivity contribution is 8.26. The molecule has 12 heteroatoms. The van der Waals surface area contributed by atoms with Crippen LogP contribution in [-0.2, 0) is 5.54 Å². The topological polar surface area (TPSA) is 126 Å². The number of nitrogens with zero attached hydrogens (tertiary/aromatic N) is 3. The Balaban J connectivity index is 1.81. The third-order valence-corrected chi connectivity index (χ3v) is 8.73. The molecule has 0 amide bonds. The third-order valence-electron chi connectivity index (χ3n) is 6.04. The summed E-state index contributed by atoms with van der Waals surface area (Å²) in [4.78, 5) is 12.5. The molecule has 3 aromatic rings. The number of nitrogens with one attached hydrogen (secondary N) is 1. The van der Waals surface area contributed by atoms with Crippen molar-refractivity contribution in [3.8, 4) is 5.75 Å². The summed E-state index contributed by atoms with van der Waals surface area (Å²) < 4.78 is 68.9. The highest BCUT2D eigenvalue weighted by Gasteiger charge is 2.56. The molecule has 1 aromatic carbocycles. The average Bonchev–Trinajstić information content (AvgIpc) is 2.78. The number of hydrogen-bond donors (Lipinski definition) is 4. The lowest BCUT2D eigenvalue weighted by molar-refractivity contribution is 0.0608. The Morgan fingerprint density at radius 1 is 1.18 bits per heavy atom. The van der Waals surface area contributed by atoms with Crippen molar-refractivity contribution < 1.29 is 27.0 Å². The molecular weight excluding hydrogens is 471 g/mol. The number of ether oxygens (including phenoxy) is 1. The summed E-state index contributed by atoms with van der Waals surface area (Å²) in [6, 6.07) is 6.98. The van der Waals surface area contributed by atoms with E-state index in [1.165, 1.54) is 39.4 Å². The molecule has 34 heavy (non-hydrogen) atoms. The molecule has 182 valence electrons. The summed E-state index contributed by atoms with van der Waals surface area (Å²) in [5, 5.41) is 3.68. The number of anilines is 2. The number of benzene rings is 1. The Hall–Kier alpha value is -3.09. The maximum atomic E-state index is 14.9. The van der Waals surface area contributed by atoms with Gasteiger partial charge in [-0.05, 0) is 44.2 Å². The quantitative estimate of drug-likeness (QED) is 0.397. The summed E-state index contributed by atoms with van der Waals surface area (Å²) in [6.45, 7) is 2.80. The second kappa shape index (κ2) is 8.29. The van der Waals surface area contributed by atoms with Crippen LogP contribution in [0.1, 0.15) is 19.4 Å². The van der Waals surface area contributed by atoms with Gasteiger partial charge in [-0.3, -0.25) is 14.1 Å². The average molecular weight is 496 g/mol. The Morgan fingerprint density at radius 3 is 2.56 bits per heavy atom. The van der Waals surface area contributed by atoms with Gasteiger partial charge < -0.3 is 15.8 Å². The summed E-state index contributed by atoms with van der Waals surface area (Å²) >= 11 is 0. The van der Waals surface area contributed by atoms with E-state index in [1.54, 1.807) is 12.1 Å². The van der Waals surface area contributed by atoms with Crippen molar-refractivity contribution >= 4 is 38.8 Å². The maximum Gasteiger partial charge on any atom is 0.269 e. The van der Waals surface area contributed by atoms with Crippen molar-refractivity contribution in [3.05, 3.63) is 54.1 Å². The fourth-order valence-electron chi connectivity index (χ4n) is 3.72. The maximum absolute atomic E-state index is 14.9. The molecule has 0 aliphatic carbocycles. The normalized spacial score (nSPS) is 22.3. The summed E-state index contributed by atoms with van der Waals surface area (Å²) in [6.07, 6.45) is -0.230. The SMILES string of the molecule is COc1cnc2c(Nc3ccc(F)c([C@@]4(C(F)F)CS(O)(O)C(C)(C)C(N)=N4)c3)nccc2c1. The van der Waals surface area contributed by atoms with Crippen LogP contribution < -0.4 is 15.8 Å². The highest BCUT2D eigenvalue weighted by atomic mass is 32.3. The zero-order valence-corrected chi connectivity index (χ0v) is 19.4. The van der Waals surface area contributed by atoms with E-state index in [2.05, 4.69) is 20.3 Å². The molecule has 2 aromatic heterocycles. The summed E-state index contributed by atoms with van der Waals surface area (Å²) in [7, 11) is -2.18. The molecule has 0 spiro atoms. The van der Waals surface area contributed by atoms with Crippen LogP contribution in [0.3, 0.4) is 0 Å². The van der Waals surface area contributed by atoms with Crippen LogP contribution in [-0.4, -0.2) is 48.9 Å². The molecule has 0 bridgehead atoms. The molecule has 1 aliphatic rings. The van der Waals surface area contributed by atoms with Gasteiger partial charge in [-0.15, -0.1) is 0 Å². The van der Waals surface area contributed by atoms with Gasteiger partial charge in [-0.1, -0.05) is 0 Å². The van der Waals surface area contributed by atoms with Crippen LogP contribution in [0.5, 0.6) is 5.75 Å². The van der Waals surface area contributed by atoms with Crippen molar-refractivity contribution in [1.29, 1.82) is 0 Å². The third kappa shape index (κ3) is 3.81. The van der Waals surface area contributed by atoms with Crippen molar-refractivity contribution in [2.45, 2.75) is 30.6 Å². The van der Waals surface area contributed by atoms with Gasteiger partial charge in [-0.2, -0.15) is 10.6 Å². The second-order valence-electron chi connectivity index (χ2n) is 8.47. The molecular formula is C22H24F3N5O3S. The number of rotatable bonds is 5. The molecule has 0 saturated heterocycles. The molecule has 8 nitrogen and oxygen atoms in total. The van der Waals surface area contributed by atoms with Crippen LogP contribution in [0, 0.1) is 5.82 Å². The van der Waals surface area contributed by atoms with Crippen molar-refractivity contribution in [2.24, 2.45) is 10.7 Å². The zero-order valence-electron chi connectivity index (χ0n) is 18.6. The van der Waals surface area contributed by atoms with Crippen LogP contribution in [0.4, 0.5) is 24.7 Å². The molecule has 1 aliphatic heterocycles. The van der Waals surface area contributed by atoms with E-state index in [-0.39, 0.29) is 11.5 Å². The Kier molecular flexibility index (Phi) is 5.86. The fraction of sp³-hybridized carbons (Fsp3) is 0.318. The lowest BCUT2D eigenvalue weighted by Crippen LogP contribution is -2.55. The molecule has 0 unspecified atom stereocenters. The van der Waals surface area contributed by atoms with E-state index in [0.29, 0.717) is 22.5 Å². The molecule has 0 radical (unpaired) electrons. The first-order valence-electron chi connectivity index (χ1n) is 10.2. The Labute approximate surface area is 195 Å². The lowest BCUT2D eigenvalue weighted by Gasteiger charge is -2.53. The Bertz CT molecular complexity index is 1290. The number of nitrogens with two attached hydrogens (primary N) is 1. The predicted octanol–water partition coefficient (Wildman–Crippen LogP) is 4.88. The molecule has 5 N–H and O–H groups in total. The first kappa shape index (κ1) is 24.0. The summed E-state index contributed by atoms with van der Waals surface area (Å²) in [5.41, 5.74) is 3.51. The highest BCUT2D eigenvalue weighted by Crippen LogP contribution is 2.60. The number of halogens is 3. The van der Waals surface area contributed by atoms with Crippen LogP contribution in [0.2, 0.25) is 0 Å². The van der Waals surface area contributed by atoms with Crippen molar-refractivity contribution in [3.63, 3.8) is 0 Å². The Morgan fingerprint density at radius 2 is 1.91 bits per heavy atom. The standard InChI is InChI=1S/C22H24F3N5O3S/c1-21(2)20(26)30-22(19(24)25,11-34(21,31)32)15-9-13(4-5-16(15)23)29-18-17-12(6-7-27-18)8-14(33-3)10-28-17/h4-10,19,31-32H,11H2,1-3H3,(H2,26,30)(H,27,29)/t22-/m1/s1. The first-order valence-corrected chi connectivity index (χ1v) is 11.9. The van der Waals surface area contributed by atoms with Gasteiger partial charge in [0.05, 0.1) is 19.1 Å². The van der Waals surface area contributed by atoms with E-state index in [1.807, 2.05) is 0 Å². The van der Waals surface area contributed by atoms with Crippen molar-refractivity contribution in [2.75, 3.05) is 18.2 Å². The lowest BCUT2D eigenvalue weighted by atomic mass is 9.91. The molecule has 0 fully saturated rings. The van der Waals surface area contributed by atoms with E-state index < -0.39 is 44.4 Å². The minimum atomic E-state index is -3.69. The second-order valence-corrected chi connectivity index (χ2v) is 11.1. The number of pyridine rings is 2. The van der Waals surface area contributed by atoms with E-state index in [9.17, 15) is 22.3 Å². The minimum Gasteiger partial charge on any atom is -0.495 e. The van der Waals surface area contributed by atoms with Gasteiger partial charge in [0, 0.05) is 22.8 Å². The monoisotopic (exact) mass is 495 g/mol.